The molecule has 2 aromatic heterocycles. The van der Waals surface area contributed by atoms with Crippen molar-refractivity contribution in [3.8, 4) is 11.6 Å². The molecule has 0 amide bonds. The minimum Gasteiger partial charge on any atom is -0.339 e. The Kier molecular flexibility index (Phi) is 3.21. The standard InChI is InChI=1S/C12H19N5O/c1-12(2,3)8(13)7-9-15-10(16-18-9)11-14-5-6-17(11)4/h5-6,8H,7,13H2,1-4H3. The van der Waals surface area contributed by atoms with E-state index in [1.807, 2.05) is 17.8 Å². The summed E-state index contributed by atoms with van der Waals surface area (Å²) in [6.07, 6.45) is 4.11. The number of imidazole rings is 1. The number of rotatable bonds is 3. The molecule has 98 valence electrons. The van der Waals surface area contributed by atoms with Crippen LogP contribution in [0.15, 0.2) is 16.9 Å². The average molecular weight is 249 g/mol. The predicted octanol–water partition coefficient (Wildman–Crippen LogP) is 1.39. The molecule has 0 aliphatic carbocycles. The van der Waals surface area contributed by atoms with E-state index in [9.17, 15) is 0 Å². The molecule has 0 aliphatic rings. The highest BCUT2D eigenvalue weighted by atomic mass is 16.5. The van der Waals surface area contributed by atoms with E-state index in [0.29, 0.717) is 24.0 Å². The minimum absolute atomic E-state index is 0.0118. The lowest BCUT2D eigenvalue weighted by molar-refractivity contribution is 0.286. The zero-order valence-corrected chi connectivity index (χ0v) is 11.2. The highest BCUT2D eigenvalue weighted by Gasteiger charge is 2.23. The van der Waals surface area contributed by atoms with Crippen LogP contribution in [0.4, 0.5) is 0 Å². The second kappa shape index (κ2) is 4.53. The molecule has 0 aliphatic heterocycles. The van der Waals surface area contributed by atoms with E-state index in [4.69, 9.17) is 10.3 Å². The molecule has 1 unspecified atom stereocenters. The van der Waals surface area contributed by atoms with Crippen molar-refractivity contribution >= 4 is 0 Å². The van der Waals surface area contributed by atoms with Crippen molar-refractivity contribution in [2.75, 3.05) is 0 Å². The maximum absolute atomic E-state index is 6.09. The third kappa shape index (κ3) is 2.59. The molecule has 0 bridgehead atoms. The van der Waals surface area contributed by atoms with E-state index >= 15 is 0 Å². The van der Waals surface area contributed by atoms with Crippen LogP contribution in [0.2, 0.25) is 0 Å². The van der Waals surface area contributed by atoms with Gasteiger partial charge in [-0.05, 0) is 5.41 Å². The van der Waals surface area contributed by atoms with E-state index in [2.05, 4.69) is 35.9 Å². The highest BCUT2D eigenvalue weighted by Crippen LogP contribution is 2.21. The van der Waals surface area contributed by atoms with Crippen molar-refractivity contribution < 1.29 is 4.52 Å². The van der Waals surface area contributed by atoms with Crippen molar-refractivity contribution in [2.24, 2.45) is 18.2 Å². The first-order valence-electron chi connectivity index (χ1n) is 5.94. The number of nitrogens with two attached hydrogens (primary N) is 1. The first-order valence-corrected chi connectivity index (χ1v) is 5.94. The monoisotopic (exact) mass is 249 g/mol. The molecule has 18 heavy (non-hydrogen) atoms. The highest BCUT2D eigenvalue weighted by molar-refractivity contribution is 5.42. The number of aryl methyl sites for hydroxylation is 1. The quantitative estimate of drug-likeness (QED) is 0.888. The van der Waals surface area contributed by atoms with Crippen molar-refractivity contribution in [1.82, 2.24) is 19.7 Å². The molecule has 2 rings (SSSR count). The van der Waals surface area contributed by atoms with Gasteiger partial charge in [0.15, 0.2) is 5.82 Å². The molecule has 0 fully saturated rings. The smallest absolute Gasteiger partial charge is 0.238 e. The summed E-state index contributed by atoms with van der Waals surface area (Å²) < 4.78 is 7.06. The van der Waals surface area contributed by atoms with Gasteiger partial charge in [0.05, 0.1) is 0 Å². The van der Waals surface area contributed by atoms with Crippen molar-refractivity contribution in [3.05, 3.63) is 18.3 Å². The zero-order valence-electron chi connectivity index (χ0n) is 11.2. The van der Waals surface area contributed by atoms with E-state index in [-0.39, 0.29) is 11.5 Å². The Morgan fingerprint density at radius 2 is 2.17 bits per heavy atom. The first-order chi connectivity index (χ1) is 8.38. The van der Waals surface area contributed by atoms with Gasteiger partial charge in [0, 0.05) is 31.9 Å². The van der Waals surface area contributed by atoms with Gasteiger partial charge < -0.3 is 14.8 Å². The van der Waals surface area contributed by atoms with Gasteiger partial charge in [0.25, 0.3) is 0 Å². The fourth-order valence-electron chi connectivity index (χ4n) is 1.50. The summed E-state index contributed by atoms with van der Waals surface area (Å²) >= 11 is 0. The lowest BCUT2D eigenvalue weighted by Gasteiger charge is -2.25. The number of hydrogen-bond acceptors (Lipinski definition) is 5. The molecule has 0 radical (unpaired) electrons. The molecule has 6 heteroatoms. The number of hydrogen-bond donors (Lipinski definition) is 1. The van der Waals surface area contributed by atoms with Gasteiger partial charge in [0.2, 0.25) is 11.7 Å². The molecule has 6 nitrogen and oxygen atoms in total. The van der Waals surface area contributed by atoms with Crippen LogP contribution in [0, 0.1) is 5.41 Å². The van der Waals surface area contributed by atoms with Crippen LogP contribution in [0.5, 0.6) is 0 Å². The SMILES string of the molecule is Cn1ccnc1-c1noc(CC(N)C(C)(C)C)n1. The summed E-state index contributed by atoms with van der Waals surface area (Å²) in [5, 5.41) is 3.93. The second-order valence-corrected chi connectivity index (χ2v) is 5.55. The van der Waals surface area contributed by atoms with Crippen molar-refractivity contribution in [2.45, 2.75) is 33.2 Å². The molecule has 0 saturated heterocycles. The van der Waals surface area contributed by atoms with Gasteiger partial charge in [-0.25, -0.2) is 4.98 Å². The largest absolute Gasteiger partial charge is 0.339 e. The third-order valence-electron chi connectivity index (χ3n) is 3.00. The van der Waals surface area contributed by atoms with Gasteiger partial charge in [-0.15, -0.1) is 0 Å². The zero-order chi connectivity index (χ0) is 13.3. The van der Waals surface area contributed by atoms with Crippen LogP contribution in [0.3, 0.4) is 0 Å². The minimum atomic E-state index is -0.0211. The van der Waals surface area contributed by atoms with Crippen LogP contribution in [-0.2, 0) is 13.5 Å². The van der Waals surface area contributed by atoms with Crippen LogP contribution < -0.4 is 5.73 Å². The summed E-state index contributed by atoms with van der Waals surface area (Å²) in [5.41, 5.74) is 6.10. The van der Waals surface area contributed by atoms with Gasteiger partial charge in [0.1, 0.15) is 0 Å². The molecule has 1 atom stereocenters. The third-order valence-corrected chi connectivity index (χ3v) is 3.00. The van der Waals surface area contributed by atoms with Gasteiger partial charge >= 0.3 is 0 Å². The molecule has 2 heterocycles. The van der Waals surface area contributed by atoms with Gasteiger partial charge in [-0.3, -0.25) is 0 Å². The normalized spacial score (nSPS) is 13.8. The first kappa shape index (κ1) is 12.8. The summed E-state index contributed by atoms with van der Waals surface area (Å²) in [4.78, 5) is 8.50. The van der Waals surface area contributed by atoms with E-state index in [1.165, 1.54) is 0 Å². The fourth-order valence-corrected chi connectivity index (χ4v) is 1.50. The molecule has 0 aromatic carbocycles. The predicted molar refractivity (Wildman–Crippen MR) is 67.6 cm³/mol. The van der Waals surface area contributed by atoms with E-state index in [1.54, 1.807) is 6.20 Å². The fraction of sp³-hybridized carbons (Fsp3) is 0.583. The Balaban J connectivity index is 2.15. The Labute approximate surface area is 106 Å². The second-order valence-electron chi connectivity index (χ2n) is 5.55. The summed E-state index contributed by atoms with van der Waals surface area (Å²) in [5.74, 6) is 1.74. The molecular weight excluding hydrogens is 230 g/mol. The Bertz CT molecular complexity index is 523. The van der Waals surface area contributed by atoms with Crippen LogP contribution >= 0.6 is 0 Å². The average Bonchev–Trinajstić information content (AvgIpc) is 2.85. The van der Waals surface area contributed by atoms with Crippen LogP contribution in [-0.4, -0.2) is 25.7 Å². The summed E-state index contributed by atoms with van der Waals surface area (Å²) in [7, 11) is 1.89. The maximum Gasteiger partial charge on any atom is 0.238 e. The number of nitrogens with zero attached hydrogens (tertiary/aromatic N) is 4. The van der Waals surface area contributed by atoms with E-state index in [0.717, 1.165) is 0 Å². The number of aromatic nitrogens is 4. The van der Waals surface area contributed by atoms with Gasteiger partial charge in [-0.1, -0.05) is 25.9 Å². The maximum atomic E-state index is 6.09. The Hall–Kier alpha value is -1.69. The molecule has 0 spiro atoms. The molecule has 2 aromatic rings. The summed E-state index contributed by atoms with van der Waals surface area (Å²) in [6, 6.07) is -0.0211. The topological polar surface area (TPSA) is 82.8 Å². The lowest BCUT2D eigenvalue weighted by atomic mass is 9.85. The van der Waals surface area contributed by atoms with Crippen molar-refractivity contribution in [1.29, 1.82) is 0 Å². The van der Waals surface area contributed by atoms with Crippen molar-refractivity contribution in [3.63, 3.8) is 0 Å². The van der Waals surface area contributed by atoms with Gasteiger partial charge in [-0.2, -0.15) is 4.98 Å². The Morgan fingerprint density at radius 3 is 2.72 bits per heavy atom. The van der Waals surface area contributed by atoms with Crippen LogP contribution in [0.1, 0.15) is 26.7 Å². The molecule has 0 saturated carbocycles. The molecular formula is C12H19N5O. The molecule has 2 N–H and O–H groups in total. The lowest BCUT2D eigenvalue weighted by Crippen LogP contribution is -2.36. The summed E-state index contributed by atoms with van der Waals surface area (Å²) in [6.45, 7) is 6.27. The van der Waals surface area contributed by atoms with E-state index < -0.39 is 0 Å². The van der Waals surface area contributed by atoms with Crippen LogP contribution in [0.25, 0.3) is 11.6 Å². The Morgan fingerprint density at radius 1 is 1.44 bits per heavy atom.